The molecule has 6 nitrogen and oxygen atoms in total. The van der Waals surface area contributed by atoms with Crippen LogP contribution in [-0.4, -0.2) is 37.2 Å². The van der Waals surface area contributed by atoms with Gasteiger partial charge in [-0.2, -0.15) is 0 Å². The van der Waals surface area contributed by atoms with Crippen LogP contribution in [0.5, 0.6) is 0 Å². The summed E-state index contributed by atoms with van der Waals surface area (Å²) in [5.74, 6) is -0.890. The number of ether oxygens (including phenoxy) is 3. The third-order valence-corrected chi connectivity index (χ3v) is 7.61. The number of unbranched alkanes of at least 4 members (excludes halogenated alkanes) is 20. The highest BCUT2D eigenvalue weighted by Gasteiger charge is 2.19. The van der Waals surface area contributed by atoms with Crippen LogP contribution in [0, 0.1) is 0 Å². The molecule has 0 aromatic heterocycles. The van der Waals surface area contributed by atoms with Crippen LogP contribution in [0.4, 0.5) is 0 Å². The number of esters is 3. The van der Waals surface area contributed by atoms with E-state index in [0.717, 1.165) is 64.2 Å². The van der Waals surface area contributed by atoms with Gasteiger partial charge >= 0.3 is 17.9 Å². The molecule has 0 N–H and O–H groups in total. The van der Waals surface area contributed by atoms with E-state index in [-0.39, 0.29) is 31.1 Å². The summed E-state index contributed by atoms with van der Waals surface area (Å²) in [6.07, 6.45) is 26.9. The van der Waals surface area contributed by atoms with Crippen LogP contribution < -0.4 is 0 Å². The second kappa shape index (κ2) is 31.3. The van der Waals surface area contributed by atoms with Gasteiger partial charge in [-0.1, -0.05) is 149 Å². The predicted octanol–water partition coefficient (Wildman–Crippen LogP) is 10.2. The maximum absolute atomic E-state index is 12.5. The van der Waals surface area contributed by atoms with Crippen LogP contribution in [-0.2, 0) is 28.6 Å². The van der Waals surface area contributed by atoms with Crippen LogP contribution in [0.1, 0.15) is 188 Å². The molecular formula is C35H66O6. The van der Waals surface area contributed by atoms with Gasteiger partial charge in [-0.3, -0.25) is 14.4 Å². The van der Waals surface area contributed by atoms with Gasteiger partial charge in [0.25, 0.3) is 0 Å². The maximum Gasteiger partial charge on any atom is 0.306 e. The fraction of sp³-hybridized carbons (Fsp3) is 0.914. The molecule has 0 rings (SSSR count). The molecule has 0 fully saturated rings. The zero-order valence-electron chi connectivity index (χ0n) is 27.3. The largest absolute Gasteiger partial charge is 0.462 e. The lowest BCUT2D eigenvalue weighted by Crippen LogP contribution is -2.30. The summed E-state index contributed by atoms with van der Waals surface area (Å²) < 4.78 is 16.4. The summed E-state index contributed by atoms with van der Waals surface area (Å²) in [6.45, 7) is 6.48. The summed E-state index contributed by atoms with van der Waals surface area (Å²) in [7, 11) is 0. The second-order valence-electron chi connectivity index (χ2n) is 11.8. The number of hydrogen-bond donors (Lipinski definition) is 0. The first-order valence-electron chi connectivity index (χ1n) is 17.5. The van der Waals surface area contributed by atoms with E-state index in [1.165, 1.54) is 83.5 Å². The number of carbonyl (C=O) groups is 3. The molecule has 0 unspecified atom stereocenters. The lowest BCUT2D eigenvalue weighted by Gasteiger charge is -2.18. The molecule has 0 saturated carbocycles. The normalized spacial score (nSPS) is 11.8. The first kappa shape index (κ1) is 39.4. The van der Waals surface area contributed by atoms with Crippen molar-refractivity contribution in [2.24, 2.45) is 0 Å². The summed E-state index contributed by atoms with van der Waals surface area (Å²) in [4.78, 5) is 36.9. The van der Waals surface area contributed by atoms with Gasteiger partial charge in [0, 0.05) is 19.3 Å². The number of carbonyl (C=O) groups excluding carboxylic acids is 3. The van der Waals surface area contributed by atoms with Gasteiger partial charge in [-0.15, -0.1) is 0 Å². The smallest absolute Gasteiger partial charge is 0.306 e. The Bertz CT molecular complexity index is 605. The molecule has 0 aliphatic rings. The van der Waals surface area contributed by atoms with Gasteiger partial charge in [0.2, 0.25) is 0 Å². The predicted molar refractivity (Wildman–Crippen MR) is 169 cm³/mol. The average Bonchev–Trinajstić information content (AvgIpc) is 2.96. The lowest BCUT2D eigenvalue weighted by atomic mass is 10.1. The Morgan fingerprint density at radius 1 is 0.390 bits per heavy atom. The van der Waals surface area contributed by atoms with Crippen molar-refractivity contribution in [2.45, 2.75) is 194 Å². The zero-order valence-corrected chi connectivity index (χ0v) is 27.3. The fourth-order valence-electron chi connectivity index (χ4n) is 4.91. The maximum atomic E-state index is 12.5. The third-order valence-electron chi connectivity index (χ3n) is 7.61. The standard InChI is InChI=1S/C35H66O6/c1-4-7-10-13-15-16-17-18-20-23-26-29-35(38)41-32(30-39-33(36)27-24-21-12-9-6-3)31-40-34(37)28-25-22-19-14-11-8-5-2/h32H,4-31H2,1-3H3/t32-/m0/s1. The van der Waals surface area contributed by atoms with Crippen LogP contribution in [0.25, 0.3) is 0 Å². The molecule has 0 spiro atoms. The van der Waals surface area contributed by atoms with Gasteiger partial charge < -0.3 is 14.2 Å². The molecule has 0 bridgehead atoms. The average molecular weight is 583 g/mol. The highest BCUT2D eigenvalue weighted by atomic mass is 16.6. The van der Waals surface area contributed by atoms with E-state index in [1.807, 2.05) is 0 Å². The van der Waals surface area contributed by atoms with E-state index in [2.05, 4.69) is 20.8 Å². The highest BCUT2D eigenvalue weighted by molar-refractivity contribution is 5.71. The number of hydrogen-bond acceptors (Lipinski definition) is 6. The molecule has 0 heterocycles. The molecule has 0 radical (unpaired) electrons. The minimum absolute atomic E-state index is 0.0664. The monoisotopic (exact) mass is 582 g/mol. The SMILES string of the molecule is CCCCCCCCCCCCCC(=O)O[C@@H](COC(=O)CCCCCCC)COC(=O)CCCCCCCCC. The van der Waals surface area contributed by atoms with E-state index >= 15 is 0 Å². The highest BCUT2D eigenvalue weighted by Crippen LogP contribution is 2.13. The minimum atomic E-state index is -0.753. The Hall–Kier alpha value is -1.59. The minimum Gasteiger partial charge on any atom is -0.462 e. The Morgan fingerprint density at radius 2 is 0.659 bits per heavy atom. The molecule has 1 atom stereocenters. The summed E-state index contributed by atoms with van der Waals surface area (Å²) in [6, 6.07) is 0. The topological polar surface area (TPSA) is 78.9 Å². The molecule has 0 aromatic rings. The fourth-order valence-corrected chi connectivity index (χ4v) is 4.91. The summed E-state index contributed by atoms with van der Waals surface area (Å²) in [5, 5.41) is 0. The molecule has 6 heteroatoms. The van der Waals surface area contributed by atoms with E-state index in [4.69, 9.17) is 14.2 Å². The van der Waals surface area contributed by atoms with E-state index in [1.54, 1.807) is 0 Å². The molecule has 0 amide bonds. The third kappa shape index (κ3) is 29.7. The van der Waals surface area contributed by atoms with Crippen molar-refractivity contribution in [3.05, 3.63) is 0 Å². The van der Waals surface area contributed by atoms with E-state index < -0.39 is 6.10 Å². The first-order chi connectivity index (χ1) is 20.0. The Labute approximate surface area is 253 Å². The van der Waals surface area contributed by atoms with Crippen molar-refractivity contribution in [3.8, 4) is 0 Å². The second-order valence-corrected chi connectivity index (χ2v) is 11.8. The van der Waals surface area contributed by atoms with Crippen molar-refractivity contribution in [2.75, 3.05) is 13.2 Å². The van der Waals surface area contributed by atoms with Crippen LogP contribution in [0.3, 0.4) is 0 Å². The van der Waals surface area contributed by atoms with Crippen LogP contribution in [0.15, 0.2) is 0 Å². The quantitative estimate of drug-likeness (QED) is 0.0459. The van der Waals surface area contributed by atoms with Crippen molar-refractivity contribution < 1.29 is 28.6 Å². The van der Waals surface area contributed by atoms with Gasteiger partial charge in [0.15, 0.2) is 6.10 Å². The van der Waals surface area contributed by atoms with E-state index in [9.17, 15) is 14.4 Å². The summed E-state index contributed by atoms with van der Waals surface area (Å²) >= 11 is 0. The van der Waals surface area contributed by atoms with Crippen molar-refractivity contribution >= 4 is 17.9 Å². The van der Waals surface area contributed by atoms with Gasteiger partial charge in [0.05, 0.1) is 0 Å². The molecule has 0 aliphatic heterocycles. The van der Waals surface area contributed by atoms with Crippen molar-refractivity contribution in [1.82, 2.24) is 0 Å². The molecule has 41 heavy (non-hydrogen) atoms. The molecule has 242 valence electrons. The molecule has 0 aliphatic carbocycles. The summed E-state index contributed by atoms with van der Waals surface area (Å²) in [5.41, 5.74) is 0. The molecule has 0 aromatic carbocycles. The number of rotatable bonds is 31. The first-order valence-corrected chi connectivity index (χ1v) is 17.5. The van der Waals surface area contributed by atoms with Crippen molar-refractivity contribution in [3.63, 3.8) is 0 Å². The van der Waals surface area contributed by atoms with Crippen LogP contribution in [0.2, 0.25) is 0 Å². The van der Waals surface area contributed by atoms with Gasteiger partial charge in [-0.25, -0.2) is 0 Å². The van der Waals surface area contributed by atoms with Crippen molar-refractivity contribution in [1.29, 1.82) is 0 Å². The van der Waals surface area contributed by atoms with Gasteiger partial charge in [-0.05, 0) is 19.3 Å². The Balaban J connectivity index is 4.29. The Morgan fingerprint density at radius 3 is 0.976 bits per heavy atom. The molecule has 0 saturated heterocycles. The zero-order chi connectivity index (χ0) is 30.2. The molecular weight excluding hydrogens is 516 g/mol. The lowest BCUT2D eigenvalue weighted by molar-refractivity contribution is -0.167. The van der Waals surface area contributed by atoms with Crippen LogP contribution >= 0.6 is 0 Å². The van der Waals surface area contributed by atoms with E-state index in [0.29, 0.717) is 19.3 Å². The Kier molecular flexibility index (Phi) is 30.1. The van der Waals surface area contributed by atoms with Gasteiger partial charge in [0.1, 0.15) is 13.2 Å².